The smallest absolute Gasteiger partial charge is 0.345 e. The molecule has 0 radical (unpaired) electrons. The molecule has 0 saturated heterocycles. The van der Waals surface area contributed by atoms with Gasteiger partial charge in [0, 0.05) is 18.0 Å². The zero-order valence-corrected chi connectivity index (χ0v) is 14.4. The van der Waals surface area contributed by atoms with Gasteiger partial charge < -0.3 is 9.84 Å². The van der Waals surface area contributed by atoms with E-state index in [0.717, 1.165) is 0 Å². The molecule has 1 aromatic carbocycles. The van der Waals surface area contributed by atoms with E-state index in [0.29, 0.717) is 5.56 Å². The molecule has 0 spiro atoms. The minimum absolute atomic E-state index is 0.125. The van der Waals surface area contributed by atoms with Crippen LogP contribution in [-0.2, 0) is 10.9 Å². The van der Waals surface area contributed by atoms with Gasteiger partial charge in [0.1, 0.15) is 5.82 Å². The quantitative estimate of drug-likeness (QED) is 0.662. The van der Waals surface area contributed by atoms with Gasteiger partial charge in [-0.2, -0.15) is 13.8 Å². The Morgan fingerprint density at radius 3 is 2.35 bits per heavy atom. The van der Waals surface area contributed by atoms with Gasteiger partial charge in [-0.15, -0.1) is 0 Å². The van der Waals surface area contributed by atoms with E-state index < -0.39 is 16.8 Å². The monoisotopic (exact) mass is 383 g/mol. The Morgan fingerprint density at radius 2 is 1.77 bits per heavy atom. The van der Waals surface area contributed by atoms with Crippen molar-refractivity contribution < 1.29 is 17.7 Å². The van der Waals surface area contributed by atoms with Gasteiger partial charge in [0.2, 0.25) is 11.8 Å². The topological polar surface area (TPSA) is 76.7 Å². The van der Waals surface area contributed by atoms with E-state index >= 15 is 0 Å². The first-order valence-electron chi connectivity index (χ1n) is 7.43. The van der Waals surface area contributed by atoms with Crippen molar-refractivity contribution in [3.63, 3.8) is 0 Å². The minimum atomic E-state index is -3.75. The lowest BCUT2D eigenvalue weighted by molar-refractivity contribution is 0.0551. The highest BCUT2D eigenvalue weighted by molar-refractivity contribution is 6.21. The standard InChI is InChI=1S/C16H13ClF3N5O/c1-15(2,10-5-3-4-6-11(10)18)24-14-21-7-9(8-22-14)12-23-13(26-25-12)16(17,19)20/h3-8H,1-2H3,(H,21,22,24). The van der Waals surface area contributed by atoms with E-state index in [1.165, 1.54) is 18.5 Å². The molecule has 0 bridgehead atoms. The molecule has 1 N–H and O–H groups in total. The third-order valence-electron chi connectivity index (χ3n) is 3.55. The highest BCUT2D eigenvalue weighted by Crippen LogP contribution is 2.32. The number of anilines is 1. The van der Waals surface area contributed by atoms with Crippen molar-refractivity contribution in [1.82, 2.24) is 20.1 Å². The predicted octanol–water partition coefficient (Wildman–Crippen LogP) is 4.30. The van der Waals surface area contributed by atoms with Crippen molar-refractivity contribution in [2.45, 2.75) is 24.8 Å². The molecule has 0 unspecified atom stereocenters. The fourth-order valence-corrected chi connectivity index (χ4v) is 2.36. The van der Waals surface area contributed by atoms with Gasteiger partial charge in [-0.05, 0) is 31.5 Å². The van der Waals surface area contributed by atoms with E-state index in [-0.39, 0.29) is 23.2 Å². The van der Waals surface area contributed by atoms with Gasteiger partial charge in [-0.1, -0.05) is 23.4 Å². The van der Waals surface area contributed by atoms with Crippen molar-refractivity contribution in [3.8, 4) is 11.4 Å². The number of nitrogens with zero attached hydrogens (tertiary/aromatic N) is 4. The second kappa shape index (κ2) is 6.56. The first kappa shape index (κ1) is 18.1. The molecule has 26 heavy (non-hydrogen) atoms. The van der Waals surface area contributed by atoms with Crippen LogP contribution in [0, 0.1) is 5.82 Å². The lowest BCUT2D eigenvalue weighted by atomic mass is 9.94. The number of alkyl halides is 3. The highest BCUT2D eigenvalue weighted by atomic mass is 35.5. The van der Waals surface area contributed by atoms with Crippen LogP contribution in [0.25, 0.3) is 11.4 Å². The number of halogens is 4. The van der Waals surface area contributed by atoms with Crippen molar-refractivity contribution >= 4 is 17.5 Å². The van der Waals surface area contributed by atoms with Crippen LogP contribution in [0.4, 0.5) is 19.1 Å². The largest absolute Gasteiger partial charge is 0.400 e. The maximum absolute atomic E-state index is 14.0. The van der Waals surface area contributed by atoms with E-state index in [2.05, 4.69) is 29.9 Å². The van der Waals surface area contributed by atoms with Gasteiger partial charge in [0.15, 0.2) is 0 Å². The summed E-state index contributed by atoms with van der Waals surface area (Å²) in [5.74, 6) is -1.28. The second-order valence-corrected chi connectivity index (χ2v) is 6.42. The maximum Gasteiger partial charge on any atom is 0.400 e. The fraction of sp³-hybridized carbons (Fsp3) is 0.250. The molecule has 6 nitrogen and oxygen atoms in total. The number of rotatable bonds is 5. The van der Waals surface area contributed by atoms with Crippen molar-refractivity contribution in [2.24, 2.45) is 0 Å². The summed E-state index contributed by atoms with van der Waals surface area (Å²) in [5, 5.41) is 2.68. The summed E-state index contributed by atoms with van der Waals surface area (Å²) in [6.45, 7) is 3.55. The predicted molar refractivity (Wildman–Crippen MR) is 88.1 cm³/mol. The highest BCUT2D eigenvalue weighted by Gasteiger charge is 2.35. The zero-order chi connectivity index (χ0) is 18.9. The fourth-order valence-electron chi connectivity index (χ4n) is 2.28. The lowest BCUT2D eigenvalue weighted by Crippen LogP contribution is -2.30. The molecular weight excluding hydrogens is 371 g/mol. The summed E-state index contributed by atoms with van der Waals surface area (Å²) in [7, 11) is 0. The van der Waals surface area contributed by atoms with Gasteiger partial charge in [0.25, 0.3) is 0 Å². The van der Waals surface area contributed by atoms with E-state index in [1.54, 1.807) is 32.0 Å². The molecule has 10 heteroatoms. The molecule has 0 amide bonds. The summed E-state index contributed by atoms with van der Waals surface area (Å²) < 4.78 is 44.3. The number of benzene rings is 1. The Morgan fingerprint density at radius 1 is 1.12 bits per heavy atom. The third kappa shape index (κ3) is 3.77. The summed E-state index contributed by atoms with van der Waals surface area (Å²) >= 11 is 4.83. The Hall–Kier alpha value is -2.68. The first-order valence-corrected chi connectivity index (χ1v) is 7.81. The lowest BCUT2D eigenvalue weighted by Gasteiger charge is -2.27. The Kier molecular flexibility index (Phi) is 4.57. The number of hydrogen-bond donors (Lipinski definition) is 1. The SMILES string of the molecule is CC(C)(Nc1ncc(-c2noc(C(F)(F)Cl)n2)cn1)c1ccccc1F. The molecule has 3 aromatic rings. The molecule has 0 aliphatic rings. The van der Waals surface area contributed by atoms with Crippen molar-refractivity contribution in [2.75, 3.05) is 5.32 Å². The van der Waals surface area contributed by atoms with Crippen LogP contribution in [0.1, 0.15) is 25.3 Å². The second-order valence-electron chi connectivity index (χ2n) is 5.95. The van der Waals surface area contributed by atoms with Crippen LogP contribution in [-0.4, -0.2) is 20.1 Å². The van der Waals surface area contributed by atoms with Gasteiger partial charge in [-0.25, -0.2) is 14.4 Å². The Bertz CT molecular complexity index is 909. The zero-order valence-electron chi connectivity index (χ0n) is 13.7. The third-order valence-corrected chi connectivity index (χ3v) is 3.71. The Balaban J connectivity index is 1.80. The maximum atomic E-state index is 14.0. The number of nitrogens with one attached hydrogen (secondary N) is 1. The van der Waals surface area contributed by atoms with Crippen LogP contribution >= 0.6 is 11.6 Å². The van der Waals surface area contributed by atoms with E-state index in [1.807, 2.05) is 0 Å². The molecule has 0 atom stereocenters. The Labute approximate surface area is 151 Å². The molecule has 0 aliphatic carbocycles. The van der Waals surface area contributed by atoms with Crippen LogP contribution in [0.3, 0.4) is 0 Å². The molecular formula is C16H13ClF3N5O. The average molecular weight is 384 g/mol. The molecule has 0 fully saturated rings. The minimum Gasteiger partial charge on any atom is -0.345 e. The van der Waals surface area contributed by atoms with E-state index in [4.69, 9.17) is 11.6 Å². The average Bonchev–Trinajstić information content (AvgIpc) is 3.06. The van der Waals surface area contributed by atoms with Gasteiger partial charge in [-0.3, -0.25) is 0 Å². The van der Waals surface area contributed by atoms with Crippen LogP contribution in [0.15, 0.2) is 41.2 Å². The summed E-state index contributed by atoms with van der Waals surface area (Å²) in [4.78, 5) is 11.7. The molecule has 0 aliphatic heterocycles. The van der Waals surface area contributed by atoms with E-state index in [9.17, 15) is 13.2 Å². The van der Waals surface area contributed by atoms with Crippen molar-refractivity contribution in [3.05, 3.63) is 53.9 Å². The summed E-state index contributed by atoms with van der Waals surface area (Å²) in [5.41, 5.74) is -0.0812. The number of aromatic nitrogens is 4. The van der Waals surface area contributed by atoms with Crippen LogP contribution in [0.2, 0.25) is 0 Å². The number of hydrogen-bond acceptors (Lipinski definition) is 6. The van der Waals surface area contributed by atoms with Crippen molar-refractivity contribution in [1.29, 1.82) is 0 Å². The van der Waals surface area contributed by atoms with Crippen LogP contribution < -0.4 is 5.32 Å². The van der Waals surface area contributed by atoms with Crippen LogP contribution in [0.5, 0.6) is 0 Å². The molecule has 136 valence electrons. The molecule has 2 heterocycles. The normalized spacial score (nSPS) is 12.2. The summed E-state index contributed by atoms with van der Waals surface area (Å²) in [6, 6.07) is 6.35. The van der Waals surface area contributed by atoms with Gasteiger partial charge in [0.05, 0.1) is 11.1 Å². The van der Waals surface area contributed by atoms with Gasteiger partial charge >= 0.3 is 11.3 Å². The molecule has 2 aromatic heterocycles. The molecule has 3 rings (SSSR count). The summed E-state index contributed by atoms with van der Waals surface area (Å²) in [6.07, 6.45) is 2.65. The first-order chi connectivity index (χ1) is 12.2. The molecule has 0 saturated carbocycles.